The maximum absolute atomic E-state index is 12.7. The number of hydrogen-bond donors (Lipinski definition) is 3. The van der Waals surface area contributed by atoms with E-state index in [9.17, 15) is 4.79 Å². The van der Waals surface area contributed by atoms with Gasteiger partial charge in [0.1, 0.15) is 5.69 Å². The summed E-state index contributed by atoms with van der Waals surface area (Å²) in [6, 6.07) is 22.9. The fraction of sp³-hybridized carbons (Fsp3) is 0.111. The molecule has 1 heterocycles. The van der Waals surface area contributed by atoms with E-state index < -0.39 is 0 Å². The zero-order valence-electron chi connectivity index (χ0n) is 19.1. The molecule has 0 fully saturated rings. The number of amides is 1. The third-order valence-electron chi connectivity index (χ3n) is 5.22. The lowest BCUT2D eigenvalue weighted by atomic mass is 10.1. The molecule has 0 radical (unpaired) electrons. The van der Waals surface area contributed by atoms with Gasteiger partial charge in [0.2, 0.25) is 0 Å². The summed E-state index contributed by atoms with van der Waals surface area (Å²) in [5.74, 6) is -0.207. The Bertz CT molecular complexity index is 1320. The first kappa shape index (κ1) is 22.7. The molecule has 0 spiro atoms. The number of nitrogens with two attached hydrogens (primary N) is 1. The average molecular weight is 451 g/mol. The molecule has 34 heavy (non-hydrogen) atoms. The Morgan fingerprint density at radius 1 is 1.00 bits per heavy atom. The number of nitrogens with one attached hydrogen (secondary N) is 2. The number of carbonyl (C=O) groups excluding carboxylic acids is 1. The monoisotopic (exact) mass is 450 g/mol. The summed E-state index contributed by atoms with van der Waals surface area (Å²) in [5.41, 5.74) is 15.8. The Morgan fingerprint density at radius 2 is 1.76 bits per heavy atom. The maximum Gasteiger partial charge on any atom is 0.251 e. The van der Waals surface area contributed by atoms with Crippen LogP contribution in [0.15, 0.2) is 90.3 Å². The topological polar surface area (TPSA) is 105 Å². The van der Waals surface area contributed by atoms with Gasteiger partial charge in [-0.3, -0.25) is 15.2 Å². The second kappa shape index (κ2) is 10.4. The zero-order valence-corrected chi connectivity index (χ0v) is 19.1. The summed E-state index contributed by atoms with van der Waals surface area (Å²) in [6.07, 6.45) is 3.30. The molecular weight excluding hydrogens is 424 g/mol. The Morgan fingerprint density at radius 3 is 2.53 bits per heavy atom. The van der Waals surface area contributed by atoms with Gasteiger partial charge in [-0.2, -0.15) is 5.10 Å². The molecule has 7 heteroatoms. The lowest BCUT2D eigenvalue weighted by Crippen LogP contribution is -2.23. The SMILES string of the molecule is CC(=NNc1ccc(C)cc1)c1cncc(-c2cc(N)cc(C(=O)NCc3ccccc3)c2)n1. The van der Waals surface area contributed by atoms with Gasteiger partial charge in [0.05, 0.1) is 29.5 Å². The highest BCUT2D eigenvalue weighted by atomic mass is 16.1. The number of hydrazone groups is 1. The van der Waals surface area contributed by atoms with Gasteiger partial charge in [-0.05, 0) is 49.7 Å². The molecule has 0 bridgehead atoms. The normalized spacial score (nSPS) is 11.2. The molecular formula is C27H26N6O. The highest BCUT2D eigenvalue weighted by Crippen LogP contribution is 2.22. The number of hydrogen-bond acceptors (Lipinski definition) is 6. The molecule has 0 aliphatic heterocycles. The second-order valence-electron chi connectivity index (χ2n) is 7.98. The molecule has 0 atom stereocenters. The maximum atomic E-state index is 12.7. The predicted octanol–water partition coefficient (Wildman–Crippen LogP) is 4.80. The van der Waals surface area contributed by atoms with Crippen LogP contribution in [-0.4, -0.2) is 21.6 Å². The van der Waals surface area contributed by atoms with Crippen molar-refractivity contribution in [1.82, 2.24) is 15.3 Å². The van der Waals surface area contributed by atoms with E-state index in [2.05, 4.69) is 25.8 Å². The summed E-state index contributed by atoms with van der Waals surface area (Å²) in [6.45, 7) is 4.33. The number of aromatic nitrogens is 2. The minimum absolute atomic E-state index is 0.207. The molecule has 0 aliphatic carbocycles. The van der Waals surface area contributed by atoms with Crippen molar-refractivity contribution in [2.24, 2.45) is 5.10 Å². The smallest absolute Gasteiger partial charge is 0.251 e. The first-order chi connectivity index (χ1) is 16.5. The molecule has 0 saturated carbocycles. The Labute approximate surface area is 198 Å². The number of nitrogen functional groups attached to an aromatic ring is 1. The molecule has 3 aromatic carbocycles. The van der Waals surface area contributed by atoms with E-state index in [1.165, 1.54) is 5.56 Å². The van der Waals surface area contributed by atoms with Crippen LogP contribution >= 0.6 is 0 Å². The van der Waals surface area contributed by atoms with Crippen molar-refractivity contribution in [3.05, 3.63) is 108 Å². The number of anilines is 2. The minimum Gasteiger partial charge on any atom is -0.399 e. The molecule has 4 rings (SSSR count). The zero-order chi connectivity index (χ0) is 23.9. The summed E-state index contributed by atoms with van der Waals surface area (Å²) < 4.78 is 0. The van der Waals surface area contributed by atoms with Gasteiger partial charge in [0, 0.05) is 23.4 Å². The van der Waals surface area contributed by atoms with E-state index in [1.54, 1.807) is 30.6 Å². The number of aryl methyl sites for hydroxylation is 1. The van der Waals surface area contributed by atoms with Crippen LogP contribution in [-0.2, 0) is 6.54 Å². The highest BCUT2D eigenvalue weighted by Gasteiger charge is 2.11. The van der Waals surface area contributed by atoms with Crippen LogP contribution in [0.2, 0.25) is 0 Å². The molecule has 1 aromatic heterocycles. The van der Waals surface area contributed by atoms with E-state index in [1.807, 2.05) is 68.4 Å². The van der Waals surface area contributed by atoms with Crippen molar-refractivity contribution in [3.63, 3.8) is 0 Å². The number of nitrogens with zero attached hydrogens (tertiary/aromatic N) is 3. The summed E-state index contributed by atoms with van der Waals surface area (Å²) in [5, 5.41) is 7.35. The Kier molecular flexibility index (Phi) is 6.93. The molecule has 4 N–H and O–H groups in total. The van der Waals surface area contributed by atoms with E-state index >= 15 is 0 Å². The van der Waals surface area contributed by atoms with E-state index in [-0.39, 0.29) is 5.91 Å². The predicted molar refractivity (Wildman–Crippen MR) is 137 cm³/mol. The Balaban J connectivity index is 1.52. The van der Waals surface area contributed by atoms with Gasteiger partial charge in [0.15, 0.2) is 0 Å². The van der Waals surface area contributed by atoms with Crippen molar-refractivity contribution in [3.8, 4) is 11.3 Å². The van der Waals surface area contributed by atoms with Crippen LogP contribution in [0.3, 0.4) is 0 Å². The van der Waals surface area contributed by atoms with E-state index in [0.29, 0.717) is 40.5 Å². The third kappa shape index (κ3) is 5.83. The minimum atomic E-state index is -0.207. The van der Waals surface area contributed by atoms with E-state index in [0.717, 1.165) is 11.3 Å². The molecule has 170 valence electrons. The molecule has 0 aliphatic rings. The van der Waals surface area contributed by atoms with Crippen molar-refractivity contribution in [2.75, 3.05) is 11.2 Å². The quantitative estimate of drug-likeness (QED) is 0.213. The lowest BCUT2D eigenvalue weighted by Gasteiger charge is -2.10. The first-order valence-electron chi connectivity index (χ1n) is 10.9. The van der Waals surface area contributed by atoms with Gasteiger partial charge in [-0.25, -0.2) is 4.98 Å². The van der Waals surface area contributed by atoms with Crippen molar-refractivity contribution in [2.45, 2.75) is 20.4 Å². The average Bonchev–Trinajstić information content (AvgIpc) is 2.87. The van der Waals surface area contributed by atoms with E-state index in [4.69, 9.17) is 5.73 Å². The molecule has 0 unspecified atom stereocenters. The highest BCUT2D eigenvalue weighted by molar-refractivity contribution is 5.98. The lowest BCUT2D eigenvalue weighted by molar-refractivity contribution is 0.0951. The molecule has 1 amide bonds. The summed E-state index contributed by atoms with van der Waals surface area (Å²) in [7, 11) is 0. The third-order valence-corrected chi connectivity index (χ3v) is 5.22. The van der Waals surface area contributed by atoms with Crippen LogP contribution in [0.4, 0.5) is 11.4 Å². The van der Waals surface area contributed by atoms with Gasteiger partial charge in [-0.1, -0.05) is 48.0 Å². The molecule has 4 aromatic rings. The standard InChI is InChI=1S/C27H26N6O/c1-18-8-10-24(11-9-18)33-32-19(2)25-16-29-17-26(31-25)21-12-22(14-23(28)13-21)27(34)30-15-20-6-4-3-5-7-20/h3-14,16-17,33H,15,28H2,1-2H3,(H,30,34). The molecule has 0 saturated heterocycles. The summed E-state index contributed by atoms with van der Waals surface area (Å²) >= 11 is 0. The fourth-order valence-corrected chi connectivity index (χ4v) is 3.32. The van der Waals surface area contributed by atoms with Gasteiger partial charge in [0.25, 0.3) is 5.91 Å². The fourth-order valence-electron chi connectivity index (χ4n) is 3.32. The summed E-state index contributed by atoms with van der Waals surface area (Å²) in [4.78, 5) is 21.7. The number of benzene rings is 3. The van der Waals surface area contributed by atoms with Gasteiger partial charge < -0.3 is 11.1 Å². The Hall–Kier alpha value is -4.52. The van der Waals surface area contributed by atoms with Crippen molar-refractivity contribution >= 4 is 23.0 Å². The second-order valence-corrected chi connectivity index (χ2v) is 7.98. The van der Waals surface area contributed by atoms with Crippen LogP contribution in [0.5, 0.6) is 0 Å². The number of rotatable bonds is 7. The van der Waals surface area contributed by atoms with Crippen molar-refractivity contribution in [1.29, 1.82) is 0 Å². The van der Waals surface area contributed by atoms with Crippen LogP contribution in [0.1, 0.15) is 34.1 Å². The van der Waals surface area contributed by atoms with Gasteiger partial charge >= 0.3 is 0 Å². The van der Waals surface area contributed by atoms with Gasteiger partial charge in [-0.15, -0.1) is 0 Å². The van der Waals surface area contributed by atoms with Crippen LogP contribution in [0, 0.1) is 6.92 Å². The van der Waals surface area contributed by atoms with Crippen LogP contribution in [0.25, 0.3) is 11.3 Å². The van der Waals surface area contributed by atoms with Crippen LogP contribution < -0.4 is 16.5 Å². The first-order valence-corrected chi connectivity index (χ1v) is 10.9. The largest absolute Gasteiger partial charge is 0.399 e. The van der Waals surface area contributed by atoms with Crippen molar-refractivity contribution < 1.29 is 4.79 Å². The molecule has 7 nitrogen and oxygen atoms in total. The number of carbonyl (C=O) groups is 1.